The van der Waals surface area contributed by atoms with Crippen LogP contribution in [0, 0.1) is 6.92 Å². The smallest absolute Gasteiger partial charge is 0.223 e. The Kier molecular flexibility index (Phi) is 4.72. The zero-order chi connectivity index (χ0) is 16.2. The van der Waals surface area contributed by atoms with Crippen molar-refractivity contribution in [3.05, 3.63) is 64.7 Å². The number of thiazole rings is 1. The minimum Gasteiger partial charge on any atom is -0.339 e. The first-order valence-electron chi connectivity index (χ1n) is 7.76. The molecule has 3 aromatic rings. The Morgan fingerprint density at radius 2 is 1.87 bits per heavy atom. The highest BCUT2D eigenvalue weighted by Crippen LogP contribution is 2.22. The average molecular weight is 324 g/mol. The van der Waals surface area contributed by atoms with Crippen LogP contribution in [0.1, 0.15) is 22.6 Å². The fourth-order valence-corrected chi connectivity index (χ4v) is 3.50. The van der Waals surface area contributed by atoms with E-state index in [-0.39, 0.29) is 5.91 Å². The van der Waals surface area contributed by atoms with Gasteiger partial charge in [0.1, 0.15) is 5.01 Å². The van der Waals surface area contributed by atoms with Crippen molar-refractivity contribution >= 4 is 27.5 Å². The Morgan fingerprint density at radius 3 is 2.61 bits per heavy atom. The van der Waals surface area contributed by atoms with Crippen LogP contribution < -0.4 is 0 Å². The maximum atomic E-state index is 12.3. The average Bonchev–Trinajstić information content (AvgIpc) is 2.96. The van der Waals surface area contributed by atoms with E-state index >= 15 is 0 Å². The fourth-order valence-electron chi connectivity index (χ4n) is 2.48. The number of nitrogens with zero attached hydrogens (tertiary/aromatic N) is 2. The first kappa shape index (κ1) is 15.7. The first-order chi connectivity index (χ1) is 11.1. The van der Waals surface area contributed by atoms with Crippen molar-refractivity contribution in [2.24, 2.45) is 0 Å². The quantitative estimate of drug-likeness (QED) is 0.705. The summed E-state index contributed by atoms with van der Waals surface area (Å²) in [5.74, 6) is 0.157. The topological polar surface area (TPSA) is 33.2 Å². The van der Waals surface area contributed by atoms with Gasteiger partial charge in [0, 0.05) is 13.5 Å². The maximum Gasteiger partial charge on any atom is 0.223 e. The lowest BCUT2D eigenvalue weighted by atomic mass is 10.1. The molecule has 0 saturated carbocycles. The first-order valence-corrected chi connectivity index (χ1v) is 8.57. The van der Waals surface area contributed by atoms with E-state index in [1.54, 1.807) is 16.2 Å². The van der Waals surface area contributed by atoms with Gasteiger partial charge in [-0.25, -0.2) is 4.98 Å². The van der Waals surface area contributed by atoms with E-state index in [1.165, 1.54) is 15.8 Å². The van der Waals surface area contributed by atoms with Gasteiger partial charge >= 0.3 is 0 Å². The zero-order valence-electron chi connectivity index (χ0n) is 13.5. The number of aromatic nitrogens is 1. The molecule has 2 aromatic carbocycles. The van der Waals surface area contributed by atoms with E-state index in [4.69, 9.17) is 0 Å². The van der Waals surface area contributed by atoms with Gasteiger partial charge in [0.25, 0.3) is 0 Å². The molecule has 23 heavy (non-hydrogen) atoms. The van der Waals surface area contributed by atoms with Crippen molar-refractivity contribution < 1.29 is 4.79 Å². The molecule has 0 aliphatic rings. The number of fused-ring (bicyclic) bond motifs is 1. The Morgan fingerprint density at radius 1 is 1.13 bits per heavy atom. The van der Waals surface area contributed by atoms with Gasteiger partial charge in [0.2, 0.25) is 5.91 Å². The van der Waals surface area contributed by atoms with Crippen molar-refractivity contribution in [2.75, 3.05) is 7.05 Å². The second kappa shape index (κ2) is 6.92. The highest BCUT2D eigenvalue weighted by atomic mass is 32.1. The number of carbonyl (C=O) groups is 1. The largest absolute Gasteiger partial charge is 0.339 e. The van der Waals surface area contributed by atoms with Gasteiger partial charge in [-0.1, -0.05) is 42.0 Å². The lowest BCUT2D eigenvalue weighted by molar-refractivity contribution is -0.130. The highest BCUT2D eigenvalue weighted by molar-refractivity contribution is 7.18. The zero-order valence-corrected chi connectivity index (χ0v) is 14.3. The molecule has 4 heteroatoms. The standard InChI is InChI=1S/C19H20N2OS/c1-14-7-9-15(10-8-14)11-12-19(22)21(2)13-18-20-16-5-3-4-6-17(16)23-18/h3-10H,11-13H2,1-2H3. The summed E-state index contributed by atoms with van der Waals surface area (Å²) >= 11 is 1.65. The number of para-hydroxylation sites is 1. The summed E-state index contributed by atoms with van der Waals surface area (Å²) < 4.78 is 1.17. The van der Waals surface area contributed by atoms with Gasteiger partial charge in [0.05, 0.1) is 16.8 Å². The van der Waals surface area contributed by atoms with Crippen LogP contribution in [0.4, 0.5) is 0 Å². The van der Waals surface area contributed by atoms with Crippen LogP contribution in [0.5, 0.6) is 0 Å². The van der Waals surface area contributed by atoms with Gasteiger partial charge in [-0.3, -0.25) is 4.79 Å². The van der Waals surface area contributed by atoms with Crippen LogP contribution in [0.15, 0.2) is 48.5 Å². The third-order valence-electron chi connectivity index (χ3n) is 3.88. The van der Waals surface area contributed by atoms with Gasteiger partial charge in [-0.15, -0.1) is 11.3 Å². The molecule has 0 spiro atoms. The number of carbonyl (C=O) groups excluding carboxylic acids is 1. The Labute approximate surface area is 140 Å². The Bertz CT molecular complexity index is 775. The van der Waals surface area contributed by atoms with Crippen molar-refractivity contribution in [1.82, 2.24) is 9.88 Å². The summed E-state index contributed by atoms with van der Waals surface area (Å²) in [7, 11) is 1.85. The molecule has 3 rings (SSSR count). The molecule has 0 aliphatic carbocycles. The summed E-state index contributed by atoms with van der Waals surface area (Å²) in [5.41, 5.74) is 3.46. The summed E-state index contributed by atoms with van der Waals surface area (Å²) in [6.07, 6.45) is 1.31. The number of hydrogen-bond acceptors (Lipinski definition) is 3. The molecule has 1 heterocycles. The molecule has 0 aliphatic heterocycles. The molecule has 118 valence electrons. The van der Waals surface area contributed by atoms with Crippen molar-refractivity contribution in [2.45, 2.75) is 26.3 Å². The Hall–Kier alpha value is -2.20. The minimum atomic E-state index is 0.157. The van der Waals surface area contributed by atoms with E-state index in [2.05, 4.69) is 42.2 Å². The van der Waals surface area contributed by atoms with Crippen LogP contribution in [0.2, 0.25) is 0 Å². The third kappa shape index (κ3) is 3.96. The van der Waals surface area contributed by atoms with E-state index in [9.17, 15) is 4.79 Å². The Balaban J connectivity index is 1.57. The molecule has 0 unspecified atom stereocenters. The van der Waals surface area contributed by atoms with Crippen LogP contribution in [0.25, 0.3) is 10.2 Å². The molecule has 0 radical (unpaired) electrons. The van der Waals surface area contributed by atoms with Crippen LogP contribution in [-0.4, -0.2) is 22.8 Å². The van der Waals surface area contributed by atoms with Crippen LogP contribution >= 0.6 is 11.3 Å². The summed E-state index contributed by atoms with van der Waals surface area (Å²) in [5, 5.41) is 0.984. The third-order valence-corrected chi connectivity index (χ3v) is 4.91. The van der Waals surface area contributed by atoms with E-state index in [0.717, 1.165) is 16.9 Å². The predicted octanol–water partition coefficient (Wildman–Crippen LogP) is 4.20. The molecule has 3 nitrogen and oxygen atoms in total. The van der Waals surface area contributed by atoms with Crippen molar-refractivity contribution in [1.29, 1.82) is 0 Å². The van der Waals surface area contributed by atoms with Gasteiger partial charge in [-0.2, -0.15) is 0 Å². The fraction of sp³-hybridized carbons (Fsp3) is 0.263. The molecule has 1 aromatic heterocycles. The lowest BCUT2D eigenvalue weighted by Gasteiger charge is -2.15. The summed E-state index contributed by atoms with van der Waals surface area (Å²) in [4.78, 5) is 18.7. The van der Waals surface area contributed by atoms with Gasteiger partial charge in [0.15, 0.2) is 0 Å². The summed E-state index contributed by atoms with van der Waals surface area (Å²) in [6, 6.07) is 16.4. The molecule has 0 bridgehead atoms. The predicted molar refractivity (Wildman–Crippen MR) is 95.6 cm³/mol. The van der Waals surface area contributed by atoms with Crippen molar-refractivity contribution in [3.63, 3.8) is 0 Å². The molecule has 0 atom stereocenters. The lowest BCUT2D eigenvalue weighted by Crippen LogP contribution is -2.26. The number of hydrogen-bond donors (Lipinski definition) is 0. The molecule has 0 saturated heterocycles. The molecule has 0 N–H and O–H groups in total. The second-order valence-corrected chi connectivity index (χ2v) is 6.93. The van der Waals surface area contributed by atoms with Crippen molar-refractivity contribution in [3.8, 4) is 0 Å². The minimum absolute atomic E-state index is 0.157. The van der Waals surface area contributed by atoms with Gasteiger partial charge < -0.3 is 4.90 Å². The maximum absolute atomic E-state index is 12.3. The molecular weight excluding hydrogens is 304 g/mol. The van der Waals surface area contributed by atoms with Crippen LogP contribution in [-0.2, 0) is 17.8 Å². The highest BCUT2D eigenvalue weighted by Gasteiger charge is 2.12. The second-order valence-electron chi connectivity index (χ2n) is 5.81. The number of benzene rings is 2. The molecular formula is C19H20N2OS. The summed E-state index contributed by atoms with van der Waals surface area (Å²) in [6.45, 7) is 2.65. The molecule has 1 amide bonds. The number of amides is 1. The van der Waals surface area contributed by atoms with Gasteiger partial charge in [-0.05, 0) is 31.0 Å². The number of rotatable bonds is 5. The van der Waals surface area contributed by atoms with E-state index in [1.807, 2.05) is 25.2 Å². The monoisotopic (exact) mass is 324 g/mol. The number of aryl methyl sites for hydroxylation is 2. The van der Waals surface area contributed by atoms with E-state index in [0.29, 0.717) is 13.0 Å². The van der Waals surface area contributed by atoms with E-state index < -0.39 is 0 Å². The molecule has 0 fully saturated rings. The SMILES string of the molecule is Cc1ccc(CCC(=O)N(C)Cc2nc3ccccc3s2)cc1. The normalized spacial score (nSPS) is 10.9. The van der Waals surface area contributed by atoms with Crippen LogP contribution in [0.3, 0.4) is 0 Å².